The van der Waals surface area contributed by atoms with E-state index in [9.17, 15) is 0 Å². The predicted molar refractivity (Wildman–Crippen MR) is 63.3 cm³/mol. The number of aryl methyl sites for hydroxylation is 1. The summed E-state index contributed by atoms with van der Waals surface area (Å²) in [6, 6.07) is 1.89. The van der Waals surface area contributed by atoms with Crippen molar-refractivity contribution in [1.82, 2.24) is 20.1 Å². The third kappa shape index (κ3) is 1.42. The van der Waals surface area contributed by atoms with Crippen LogP contribution < -0.4 is 0 Å². The van der Waals surface area contributed by atoms with Crippen LogP contribution in [0.25, 0.3) is 22.4 Å². The Kier molecular flexibility index (Phi) is 2.01. The van der Waals surface area contributed by atoms with Gasteiger partial charge in [0.1, 0.15) is 5.65 Å². The summed E-state index contributed by atoms with van der Waals surface area (Å²) in [6.07, 6.45) is 3.46. The molecule has 0 spiro atoms. The molecular formula is C11H9N5O. The molecule has 0 radical (unpaired) electrons. The highest BCUT2D eigenvalue weighted by molar-refractivity contribution is 5.95. The Balaban J connectivity index is 2.32. The zero-order chi connectivity index (χ0) is 11.8. The lowest BCUT2D eigenvalue weighted by atomic mass is 10.2. The zero-order valence-electron chi connectivity index (χ0n) is 9.14. The SMILES string of the molecule is C=Nc1c(-c2noc(C)n2)cnc2[nH]ccc12. The third-order valence-corrected chi connectivity index (χ3v) is 2.48. The van der Waals surface area contributed by atoms with Crippen LogP contribution in [-0.4, -0.2) is 26.8 Å². The Morgan fingerprint density at radius 2 is 2.35 bits per heavy atom. The summed E-state index contributed by atoms with van der Waals surface area (Å²) < 4.78 is 4.95. The fourth-order valence-electron chi connectivity index (χ4n) is 1.74. The lowest BCUT2D eigenvalue weighted by Gasteiger charge is -2.01. The molecule has 3 aromatic rings. The van der Waals surface area contributed by atoms with E-state index in [1.54, 1.807) is 19.3 Å². The Bertz CT molecular complexity index is 697. The topological polar surface area (TPSA) is 80.0 Å². The number of H-pyrrole nitrogens is 1. The average molecular weight is 227 g/mol. The van der Waals surface area contributed by atoms with E-state index in [0.717, 1.165) is 11.0 Å². The van der Waals surface area contributed by atoms with Gasteiger partial charge in [0.15, 0.2) is 0 Å². The second kappa shape index (κ2) is 3.51. The smallest absolute Gasteiger partial charge is 0.223 e. The number of fused-ring (bicyclic) bond motifs is 1. The molecule has 0 unspecified atom stereocenters. The summed E-state index contributed by atoms with van der Waals surface area (Å²) in [4.78, 5) is 15.5. The van der Waals surface area contributed by atoms with Crippen LogP contribution in [0.2, 0.25) is 0 Å². The number of nitrogens with one attached hydrogen (secondary N) is 1. The molecule has 3 heterocycles. The molecule has 3 rings (SSSR count). The minimum absolute atomic E-state index is 0.473. The number of aliphatic imine (C=N–C) groups is 1. The lowest BCUT2D eigenvalue weighted by molar-refractivity contribution is 0.394. The molecule has 6 heteroatoms. The highest BCUT2D eigenvalue weighted by Gasteiger charge is 2.14. The second-order valence-corrected chi connectivity index (χ2v) is 3.56. The predicted octanol–water partition coefficient (Wildman–Crippen LogP) is 2.25. The molecular weight excluding hydrogens is 218 g/mol. The van der Waals surface area contributed by atoms with Crippen molar-refractivity contribution in [2.75, 3.05) is 0 Å². The van der Waals surface area contributed by atoms with Crippen molar-refractivity contribution in [3.63, 3.8) is 0 Å². The van der Waals surface area contributed by atoms with E-state index in [2.05, 4.69) is 31.8 Å². The molecule has 0 atom stereocenters. The second-order valence-electron chi connectivity index (χ2n) is 3.56. The van der Waals surface area contributed by atoms with E-state index >= 15 is 0 Å². The molecule has 0 bridgehead atoms. The van der Waals surface area contributed by atoms with Crippen LogP contribution in [0.4, 0.5) is 5.69 Å². The Morgan fingerprint density at radius 3 is 3.06 bits per heavy atom. The van der Waals surface area contributed by atoms with Crippen molar-refractivity contribution in [3.05, 3.63) is 24.4 Å². The van der Waals surface area contributed by atoms with Gasteiger partial charge in [-0.3, -0.25) is 4.99 Å². The van der Waals surface area contributed by atoms with E-state index in [0.29, 0.717) is 23.0 Å². The Hall–Kier alpha value is -2.50. The maximum atomic E-state index is 4.95. The first-order valence-electron chi connectivity index (χ1n) is 5.03. The van der Waals surface area contributed by atoms with Crippen molar-refractivity contribution >= 4 is 23.4 Å². The summed E-state index contributed by atoms with van der Waals surface area (Å²) in [7, 11) is 0. The van der Waals surface area contributed by atoms with Gasteiger partial charge in [0, 0.05) is 24.7 Å². The van der Waals surface area contributed by atoms with E-state index < -0.39 is 0 Å². The van der Waals surface area contributed by atoms with Crippen LogP contribution >= 0.6 is 0 Å². The highest BCUT2D eigenvalue weighted by atomic mass is 16.5. The first-order chi connectivity index (χ1) is 8.29. The van der Waals surface area contributed by atoms with E-state index in [1.165, 1.54) is 0 Å². The van der Waals surface area contributed by atoms with Gasteiger partial charge in [0.05, 0.1) is 11.3 Å². The van der Waals surface area contributed by atoms with Crippen LogP contribution in [0, 0.1) is 6.92 Å². The minimum atomic E-state index is 0.473. The first kappa shape index (κ1) is 9.71. The molecule has 17 heavy (non-hydrogen) atoms. The minimum Gasteiger partial charge on any atom is -0.346 e. The lowest BCUT2D eigenvalue weighted by Crippen LogP contribution is -1.86. The zero-order valence-corrected chi connectivity index (χ0v) is 9.14. The molecule has 0 aliphatic heterocycles. The number of hydrogen-bond donors (Lipinski definition) is 1. The molecule has 0 aliphatic rings. The van der Waals surface area contributed by atoms with Gasteiger partial charge in [-0.2, -0.15) is 4.98 Å². The van der Waals surface area contributed by atoms with Crippen molar-refractivity contribution < 1.29 is 4.52 Å². The van der Waals surface area contributed by atoms with Gasteiger partial charge >= 0.3 is 0 Å². The number of nitrogens with zero attached hydrogens (tertiary/aromatic N) is 4. The first-order valence-corrected chi connectivity index (χ1v) is 5.03. The normalized spacial score (nSPS) is 10.9. The van der Waals surface area contributed by atoms with Gasteiger partial charge in [-0.15, -0.1) is 0 Å². The summed E-state index contributed by atoms with van der Waals surface area (Å²) in [5, 5.41) is 4.75. The molecule has 3 aromatic heterocycles. The fourth-order valence-corrected chi connectivity index (χ4v) is 1.74. The van der Waals surface area contributed by atoms with Gasteiger partial charge < -0.3 is 9.51 Å². The van der Waals surface area contributed by atoms with Crippen LogP contribution in [0.3, 0.4) is 0 Å². The Labute approximate surface area is 96.4 Å². The van der Waals surface area contributed by atoms with Crippen molar-refractivity contribution in [3.8, 4) is 11.4 Å². The molecule has 84 valence electrons. The number of aromatic amines is 1. The molecule has 1 N–H and O–H groups in total. The quantitative estimate of drug-likeness (QED) is 0.681. The number of rotatable bonds is 2. The summed E-state index contributed by atoms with van der Waals surface area (Å²) in [6.45, 7) is 5.31. The van der Waals surface area contributed by atoms with Gasteiger partial charge in [0.2, 0.25) is 11.7 Å². The fraction of sp³-hybridized carbons (Fsp3) is 0.0909. The van der Waals surface area contributed by atoms with Crippen molar-refractivity contribution in [1.29, 1.82) is 0 Å². The summed E-state index contributed by atoms with van der Waals surface area (Å²) in [5.41, 5.74) is 2.18. The van der Waals surface area contributed by atoms with Crippen LogP contribution in [0.5, 0.6) is 0 Å². The molecule has 0 aromatic carbocycles. The average Bonchev–Trinajstić information content (AvgIpc) is 2.95. The van der Waals surface area contributed by atoms with Crippen molar-refractivity contribution in [2.45, 2.75) is 6.92 Å². The summed E-state index contributed by atoms with van der Waals surface area (Å²) >= 11 is 0. The van der Waals surface area contributed by atoms with E-state index in [4.69, 9.17) is 4.52 Å². The number of hydrogen-bond acceptors (Lipinski definition) is 5. The summed E-state index contributed by atoms with van der Waals surface area (Å²) in [5.74, 6) is 0.977. The van der Waals surface area contributed by atoms with E-state index in [1.807, 2.05) is 6.07 Å². The molecule has 6 nitrogen and oxygen atoms in total. The van der Waals surface area contributed by atoms with Gasteiger partial charge in [-0.1, -0.05) is 5.16 Å². The van der Waals surface area contributed by atoms with Gasteiger partial charge in [-0.05, 0) is 12.8 Å². The van der Waals surface area contributed by atoms with Crippen molar-refractivity contribution in [2.24, 2.45) is 4.99 Å². The molecule has 0 saturated heterocycles. The standard InChI is InChI=1S/C11H9N5O/c1-6-15-11(16-17-6)8-5-14-10-7(3-4-13-10)9(8)12-2/h3-5H,2H2,1H3,(H,13,14). The number of pyridine rings is 1. The monoisotopic (exact) mass is 227 g/mol. The van der Waals surface area contributed by atoms with Gasteiger partial charge in [0.25, 0.3) is 0 Å². The van der Waals surface area contributed by atoms with Crippen LogP contribution in [0.15, 0.2) is 28.0 Å². The molecule has 0 saturated carbocycles. The molecule has 0 amide bonds. The van der Waals surface area contributed by atoms with Gasteiger partial charge in [-0.25, -0.2) is 4.98 Å². The largest absolute Gasteiger partial charge is 0.346 e. The maximum absolute atomic E-state index is 4.95. The van der Waals surface area contributed by atoms with Crippen LogP contribution in [0.1, 0.15) is 5.89 Å². The Morgan fingerprint density at radius 1 is 1.47 bits per heavy atom. The third-order valence-electron chi connectivity index (χ3n) is 2.48. The maximum Gasteiger partial charge on any atom is 0.223 e. The number of aromatic nitrogens is 4. The van der Waals surface area contributed by atoms with E-state index in [-0.39, 0.29) is 0 Å². The highest BCUT2D eigenvalue weighted by Crippen LogP contribution is 2.33. The van der Waals surface area contributed by atoms with Crippen LogP contribution in [-0.2, 0) is 0 Å². The molecule has 0 aliphatic carbocycles. The molecule has 0 fully saturated rings.